The van der Waals surface area contributed by atoms with E-state index in [2.05, 4.69) is 31.0 Å². The van der Waals surface area contributed by atoms with E-state index in [0.29, 0.717) is 11.8 Å². The Morgan fingerprint density at radius 2 is 1.75 bits per heavy atom. The van der Waals surface area contributed by atoms with Crippen LogP contribution in [0.4, 0.5) is 0 Å². The molecule has 3 heteroatoms. The molecular weight excluding hydrogens is 152 g/mol. The van der Waals surface area contributed by atoms with Crippen molar-refractivity contribution in [3.8, 4) is 0 Å². The molecule has 0 N–H and O–H groups in total. The Bertz CT molecular complexity index is 258. The maximum Gasteiger partial charge on any atom is 0.221 e. The standard InChI is InChI=1S/C9H16N2O/c1-6(2)7-10-11-8(12-7)9(3,4)5/h6H,1-5H3. The Morgan fingerprint density at radius 1 is 1.17 bits per heavy atom. The lowest BCUT2D eigenvalue weighted by Crippen LogP contribution is -2.11. The van der Waals surface area contributed by atoms with Crippen molar-refractivity contribution in [1.82, 2.24) is 10.2 Å². The molecule has 0 bridgehead atoms. The Morgan fingerprint density at radius 3 is 2.00 bits per heavy atom. The predicted molar refractivity (Wildman–Crippen MR) is 47.1 cm³/mol. The van der Waals surface area contributed by atoms with E-state index < -0.39 is 0 Å². The maximum absolute atomic E-state index is 5.49. The van der Waals surface area contributed by atoms with Crippen molar-refractivity contribution < 1.29 is 4.42 Å². The highest BCUT2D eigenvalue weighted by Crippen LogP contribution is 2.22. The van der Waals surface area contributed by atoms with Gasteiger partial charge in [0.15, 0.2) is 0 Å². The quantitative estimate of drug-likeness (QED) is 0.646. The molecule has 1 rings (SSSR count). The van der Waals surface area contributed by atoms with Crippen LogP contribution in [0, 0.1) is 0 Å². The van der Waals surface area contributed by atoms with Gasteiger partial charge in [0.2, 0.25) is 11.8 Å². The molecule has 0 aromatic carbocycles. The van der Waals surface area contributed by atoms with Crippen molar-refractivity contribution in [2.75, 3.05) is 0 Å². The third kappa shape index (κ3) is 1.84. The number of hydrogen-bond acceptors (Lipinski definition) is 3. The summed E-state index contributed by atoms with van der Waals surface area (Å²) in [5, 5.41) is 7.96. The molecule has 0 aliphatic carbocycles. The average Bonchev–Trinajstić information content (AvgIpc) is 2.30. The summed E-state index contributed by atoms with van der Waals surface area (Å²) in [6.45, 7) is 10.3. The van der Waals surface area contributed by atoms with Gasteiger partial charge >= 0.3 is 0 Å². The van der Waals surface area contributed by atoms with E-state index in [9.17, 15) is 0 Å². The zero-order valence-corrected chi connectivity index (χ0v) is 8.38. The van der Waals surface area contributed by atoms with E-state index in [1.165, 1.54) is 0 Å². The Labute approximate surface area is 73.2 Å². The Hall–Kier alpha value is -0.860. The highest BCUT2D eigenvalue weighted by molar-refractivity contribution is 4.97. The molecule has 0 radical (unpaired) electrons. The molecule has 68 valence electrons. The highest BCUT2D eigenvalue weighted by atomic mass is 16.4. The zero-order valence-electron chi connectivity index (χ0n) is 8.38. The molecule has 0 unspecified atom stereocenters. The van der Waals surface area contributed by atoms with Crippen molar-refractivity contribution in [2.45, 2.75) is 46.0 Å². The summed E-state index contributed by atoms with van der Waals surface area (Å²) >= 11 is 0. The van der Waals surface area contributed by atoms with Crippen LogP contribution in [0.1, 0.15) is 52.3 Å². The van der Waals surface area contributed by atoms with Gasteiger partial charge in [-0.1, -0.05) is 34.6 Å². The minimum absolute atomic E-state index is 0.0415. The zero-order chi connectivity index (χ0) is 9.35. The normalized spacial score (nSPS) is 12.5. The van der Waals surface area contributed by atoms with E-state index in [1.807, 2.05) is 13.8 Å². The molecule has 1 aromatic heterocycles. The van der Waals surface area contributed by atoms with Gasteiger partial charge in [-0.15, -0.1) is 10.2 Å². The van der Waals surface area contributed by atoms with Crippen LogP contribution >= 0.6 is 0 Å². The summed E-state index contributed by atoms with van der Waals surface area (Å²) < 4.78 is 5.49. The summed E-state index contributed by atoms with van der Waals surface area (Å²) in [6.07, 6.45) is 0. The van der Waals surface area contributed by atoms with Gasteiger partial charge in [0.05, 0.1) is 0 Å². The monoisotopic (exact) mass is 168 g/mol. The number of hydrogen-bond donors (Lipinski definition) is 0. The molecule has 0 aliphatic rings. The molecule has 0 saturated heterocycles. The van der Waals surface area contributed by atoms with Crippen molar-refractivity contribution >= 4 is 0 Å². The first-order valence-electron chi connectivity index (χ1n) is 4.25. The van der Waals surface area contributed by atoms with Crippen molar-refractivity contribution in [2.24, 2.45) is 0 Å². The van der Waals surface area contributed by atoms with Gasteiger partial charge < -0.3 is 4.42 Å². The summed E-state index contributed by atoms with van der Waals surface area (Å²) in [6, 6.07) is 0. The summed E-state index contributed by atoms with van der Waals surface area (Å²) in [5.74, 6) is 1.75. The minimum Gasteiger partial charge on any atom is -0.424 e. The molecule has 12 heavy (non-hydrogen) atoms. The molecule has 0 amide bonds. The first-order valence-corrected chi connectivity index (χ1v) is 4.25. The van der Waals surface area contributed by atoms with Crippen LogP contribution in [0.15, 0.2) is 4.42 Å². The third-order valence-corrected chi connectivity index (χ3v) is 1.58. The summed E-state index contributed by atoms with van der Waals surface area (Å²) in [5.41, 5.74) is -0.0415. The van der Waals surface area contributed by atoms with E-state index in [1.54, 1.807) is 0 Å². The van der Waals surface area contributed by atoms with E-state index >= 15 is 0 Å². The molecule has 0 fully saturated rings. The van der Waals surface area contributed by atoms with Crippen LogP contribution in [-0.2, 0) is 5.41 Å². The van der Waals surface area contributed by atoms with Crippen LogP contribution in [-0.4, -0.2) is 10.2 Å². The lowest BCUT2D eigenvalue weighted by atomic mass is 9.97. The van der Waals surface area contributed by atoms with E-state index in [4.69, 9.17) is 4.42 Å². The lowest BCUT2D eigenvalue weighted by molar-refractivity contribution is 0.363. The van der Waals surface area contributed by atoms with Crippen molar-refractivity contribution in [3.63, 3.8) is 0 Å². The molecule has 0 saturated carbocycles. The van der Waals surface area contributed by atoms with Gasteiger partial charge in [0.25, 0.3) is 0 Å². The van der Waals surface area contributed by atoms with Gasteiger partial charge in [-0.25, -0.2) is 0 Å². The third-order valence-electron chi connectivity index (χ3n) is 1.58. The van der Waals surface area contributed by atoms with Gasteiger partial charge in [-0.05, 0) is 0 Å². The number of aromatic nitrogens is 2. The average molecular weight is 168 g/mol. The van der Waals surface area contributed by atoms with Crippen LogP contribution in [0.2, 0.25) is 0 Å². The molecule has 0 aliphatic heterocycles. The van der Waals surface area contributed by atoms with Gasteiger partial charge in [0, 0.05) is 11.3 Å². The summed E-state index contributed by atoms with van der Waals surface area (Å²) in [4.78, 5) is 0. The maximum atomic E-state index is 5.49. The molecule has 0 atom stereocenters. The number of nitrogens with zero attached hydrogens (tertiary/aromatic N) is 2. The highest BCUT2D eigenvalue weighted by Gasteiger charge is 2.21. The first kappa shape index (κ1) is 9.23. The SMILES string of the molecule is CC(C)c1nnc(C(C)(C)C)o1. The number of rotatable bonds is 1. The fourth-order valence-electron chi connectivity index (χ4n) is 0.771. The smallest absolute Gasteiger partial charge is 0.221 e. The summed E-state index contributed by atoms with van der Waals surface area (Å²) in [7, 11) is 0. The van der Waals surface area contributed by atoms with Gasteiger partial charge in [0.1, 0.15) is 0 Å². The second-order valence-electron chi connectivity index (χ2n) is 4.35. The Balaban J connectivity index is 2.92. The Kier molecular flexibility index (Phi) is 2.22. The molecular formula is C9H16N2O. The molecule has 1 heterocycles. The second kappa shape index (κ2) is 2.88. The van der Waals surface area contributed by atoms with Crippen LogP contribution in [0.3, 0.4) is 0 Å². The largest absolute Gasteiger partial charge is 0.424 e. The van der Waals surface area contributed by atoms with E-state index in [-0.39, 0.29) is 5.41 Å². The fourth-order valence-corrected chi connectivity index (χ4v) is 0.771. The van der Waals surface area contributed by atoms with Crippen LogP contribution in [0.25, 0.3) is 0 Å². The van der Waals surface area contributed by atoms with Crippen LogP contribution < -0.4 is 0 Å². The van der Waals surface area contributed by atoms with Crippen LogP contribution in [0.5, 0.6) is 0 Å². The minimum atomic E-state index is -0.0415. The van der Waals surface area contributed by atoms with E-state index in [0.717, 1.165) is 5.89 Å². The second-order valence-corrected chi connectivity index (χ2v) is 4.35. The van der Waals surface area contributed by atoms with Crippen molar-refractivity contribution in [3.05, 3.63) is 11.8 Å². The van der Waals surface area contributed by atoms with Gasteiger partial charge in [-0.3, -0.25) is 0 Å². The first-order chi connectivity index (χ1) is 5.41. The lowest BCUT2D eigenvalue weighted by Gasteiger charge is -2.11. The molecule has 0 spiro atoms. The van der Waals surface area contributed by atoms with Gasteiger partial charge in [-0.2, -0.15) is 0 Å². The molecule has 1 aromatic rings. The topological polar surface area (TPSA) is 38.9 Å². The molecule has 3 nitrogen and oxygen atoms in total. The van der Waals surface area contributed by atoms with Crippen molar-refractivity contribution in [1.29, 1.82) is 0 Å². The predicted octanol–water partition coefficient (Wildman–Crippen LogP) is 2.49. The fraction of sp³-hybridized carbons (Fsp3) is 0.778.